The van der Waals surface area contributed by atoms with E-state index in [1.807, 2.05) is 11.6 Å². The number of amides is 3. The van der Waals surface area contributed by atoms with Crippen LogP contribution in [0, 0.1) is 6.92 Å². The van der Waals surface area contributed by atoms with Gasteiger partial charge >= 0.3 is 0 Å². The Morgan fingerprint density at radius 3 is 2.40 bits per heavy atom. The highest BCUT2D eigenvalue weighted by molar-refractivity contribution is 7.89. The Labute approximate surface area is 263 Å². The Hall–Kier alpha value is -3.38. The molecule has 1 spiro atoms. The highest BCUT2D eigenvalue weighted by Crippen LogP contribution is 2.59. The number of piperidine rings is 1. The fraction of sp³-hybridized carbons (Fsp3) is 0.310. The van der Waals surface area contributed by atoms with Crippen LogP contribution >= 0.6 is 34.8 Å². The average Bonchev–Trinajstić information content (AvgIpc) is 3.17. The molecule has 1 aromatic heterocycles. The molecule has 10 nitrogen and oxygen atoms in total. The van der Waals surface area contributed by atoms with Gasteiger partial charge in [-0.05, 0) is 67.8 Å². The third-order valence-electron chi connectivity index (χ3n) is 7.70. The minimum absolute atomic E-state index is 0.103. The van der Waals surface area contributed by atoms with E-state index in [-0.39, 0.29) is 28.8 Å². The van der Waals surface area contributed by atoms with Crippen LogP contribution in [0.4, 0.5) is 5.69 Å². The number of aryl methyl sites for hydroxylation is 1. The number of halogens is 3. The van der Waals surface area contributed by atoms with Crippen molar-refractivity contribution >= 4 is 68.2 Å². The molecule has 0 saturated carbocycles. The summed E-state index contributed by atoms with van der Waals surface area (Å²) in [4.78, 5) is 45.0. The third kappa shape index (κ3) is 5.66. The van der Waals surface area contributed by atoms with Crippen LogP contribution in [0.2, 0.25) is 15.1 Å². The minimum Gasteiger partial charge on any atom is -0.461 e. The summed E-state index contributed by atoms with van der Waals surface area (Å²) in [6.07, 6.45) is 1.96. The second kappa shape index (κ2) is 11.0. The number of nitrogens with zero attached hydrogens (tertiary/aromatic N) is 1. The Kier molecular flexibility index (Phi) is 7.92. The Morgan fingerprint density at radius 1 is 1.05 bits per heavy atom. The summed E-state index contributed by atoms with van der Waals surface area (Å²) in [7, 11) is -3.90. The molecule has 1 saturated heterocycles. The number of ether oxygens (including phenoxy) is 1. The number of aromatic nitrogens is 1. The number of anilines is 1. The summed E-state index contributed by atoms with van der Waals surface area (Å²) in [5.41, 5.74) is -0.518. The first kappa shape index (κ1) is 31.1. The lowest BCUT2D eigenvalue weighted by molar-refractivity contribution is -0.133. The van der Waals surface area contributed by atoms with Crippen molar-refractivity contribution in [3.8, 4) is 5.88 Å². The molecule has 3 amide bonds. The first-order valence-electron chi connectivity index (χ1n) is 13.1. The van der Waals surface area contributed by atoms with E-state index < -0.39 is 44.8 Å². The highest BCUT2D eigenvalue weighted by Gasteiger charge is 2.62. The molecule has 3 aromatic rings. The summed E-state index contributed by atoms with van der Waals surface area (Å²) >= 11 is 19.1. The van der Waals surface area contributed by atoms with E-state index in [0.29, 0.717) is 26.9 Å². The van der Waals surface area contributed by atoms with Crippen LogP contribution in [0.1, 0.15) is 54.5 Å². The van der Waals surface area contributed by atoms with Gasteiger partial charge in [0, 0.05) is 39.8 Å². The molecule has 14 heteroatoms. The Balaban J connectivity index is 1.76. The van der Waals surface area contributed by atoms with Gasteiger partial charge in [0.15, 0.2) is 5.60 Å². The Bertz CT molecular complexity index is 1800. The third-order valence-corrected chi connectivity index (χ3v) is 8.93. The molecule has 226 valence electrons. The number of hydrogen-bond acceptors (Lipinski definition) is 7. The van der Waals surface area contributed by atoms with Gasteiger partial charge in [0.1, 0.15) is 5.41 Å². The van der Waals surface area contributed by atoms with Gasteiger partial charge in [-0.1, -0.05) is 46.9 Å². The average molecular weight is 666 g/mol. The summed E-state index contributed by atoms with van der Waals surface area (Å²) in [6.45, 7) is 4.59. The summed E-state index contributed by atoms with van der Waals surface area (Å²) < 4.78 is 31.5. The molecule has 0 aliphatic carbocycles. The van der Waals surface area contributed by atoms with Gasteiger partial charge in [-0.25, -0.2) is 18.1 Å². The van der Waals surface area contributed by atoms with Crippen molar-refractivity contribution in [3.63, 3.8) is 0 Å². The number of carbonyl (C=O) groups is 3. The van der Waals surface area contributed by atoms with Crippen LogP contribution in [0.3, 0.4) is 0 Å². The molecule has 3 atom stereocenters. The fourth-order valence-electron chi connectivity index (χ4n) is 5.80. The second-order valence-corrected chi connectivity index (χ2v) is 14.2. The van der Waals surface area contributed by atoms with Crippen LogP contribution in [0.15, 0.2) is 48.7 Å². The topological polar surface area (TPSA) is 144 Å². The zero-order valence-corrected chi connectivity index (χ0v) is 26.5. The standard InChI is InChI=1S/C29H27Cl3N4O6S/c1-14-5-6-15(30)9-18(14)24-29(20-8-7-16(31)11-22(20)34-27(29)39)21(12-23(37)35-24)19-10-17(32)13-33-25(19)42-28(2,3)26(38)36-43(4,40)41/h5-11,13,21,24H,12H2,1-4H3,(H,34,39)(H,35,37)(H,36,38)/t21-,24+,29-/m1/s1. The SMILES string of the molecule is Cc1ccc(Cl)cc1[C@@H]1NC(=O)C[C@H](c2cc(Cl)cnc2OC(C)(C)C(=O)NS(C)(=O)=O)[C@@]12C(=O)Nc1cc(Cl)ccc12. The van der Waals surface area contributed by atoms with Crippen LogP contribution in [0.5, 0.6) is 5.88 Å². The maximum absolute atomic E-state index is 14.4. The second-order valence-electron chi connectivity index (χ2n) is 11.1. The monoisotopic (exact) mass is 664 g/mol. The zero-order chi connectivity index (χ0) is 31.5. The normalized spacial score (nSPS) is 21.7. The molecule has 2 aliphatic heterocycles. The first-order valence-corrected chi connectivity index (χ1v) is 16.1. The molecule has 3 N–H and O–H groups in total. The fourth-order valence-corrected chi connectivity index (χ4v) is 6.90. The van der Waals surface area contributed by atoms with Gasteiger partial charge < -0.3 is 15.4 Å². The highest BCUT2D eigenvalue weighted by atomic mass is 35.5. The molecule has 1 fully saturated rings. The van der Waals surface area contributed by atoms with E-state index in [9.17, 15) is 22.8 Å². The summed E-state index contributed by atoms with van der Waals surface area (Å²) in [6, 6.07) is 10.9. The molecular formula is C29H27Cl3N4O6S. The quantitative estimate of drug-likeness (QED) is 0.343. The molecule has 5 rings (SSSR count). The maximum Gasteiger partial charge on any atom is 0.277 e. The number of rotatable bonds is 6. The van der Waals surface area contributed by atoms with E-state index in [2.05, 4.69) is 15.6 Å². The largest absolute Gasteiger partial charge is 0.461 e. The molecule has 0 unspecified atom stereocenters. The van der Waals surface area contributed by atoms with Crippen LogP contribution in [-0.2, 0) is 29.8 Å². The number of benzene rings is 2. The van der Waals surface area contributed by atoms with Crippen molar-refractivity contribution in [2.45, 2.75) is 50.2 Å². The van der Waals surface area contributed by atoms with Crippen LogP contribution in [0.25, 0.3) is 0 Å². The Morgan fingerprint density at radius 2 is 1.70 bits per heavy atom. The van der Waals surface area contributed by atoms with Crippen molar-refractivity contribution in [3.05, 3.63) is 86.0 Å². The number of nitrogens with one attached hydrogen (secondary N) is 3. The van der Waals surface area contributed by atoms with Gasteiger partial charge in [0.25, 0.3) is 5.91 Å². The lowest BCUT2D eigenvalue weighted by atomic mass is 9.59. The molecule has 2 aliphatic rings. The molecule has 3 heterocycles. The smallest absolute Gasteiger partial charge is 0.277 e. The number of sulfonamides is 1. The van der Waals surface area contributed by atoms with Gasteiger partial charge in [-0.15, -0.1) is 0 Å². The van der Waals surface area contributed by atoms with Crippen molar-refractivity contribution < 1.29 is 27.5 Å². The lowest BCUT2D eigenvalue weighted by Gasteiger charge is -2.47. The van der Waals surface area contributed by atoms with Crippen molar-refractivity contribution in [1.82, 2.24) is 15.0 Å². The van der Waals surface area contributed by atoms with Gasteiger partial charge in [0.05, 0.1) is 17.3 Å². The van der Waals surface area contributed by atoms with E-state index >= 15 is 0 Å². The predicted molar refractivity (Wildman–Crippen MR) is 163 cm³/mol. The molecular weight excluding hydrogens is 639 g/mol. The molecule has 0 radical (unpaired) electrons. The lowest BCUT2D eigenvalue weighted by Crippen LogP contribution is -2.57. The first-order chi connectivity index (χ1) is 20.0. The molecule has 43 heavy (non-hydrogen) atoms. The predicted octanol–water partition coefficient (Wildman–Crippen LogP) is 4.82. The number of pyridine rings is 1. The minimum atomic E-state index is -3.90. The van der Waals surface area contributed by atoms with Gasteiger partial charge in [-0.3, -0.25) is 14.4 Å². The van der Waals surface area contributed by atoms with Crippen molar-refractivity contribution in [2.75, 3.05) is 11.6 Å². The van der Waals surface area contributed by atoms with E-state index in [1.165, 1.54) is 26.1 Å². The van der Waals surface area contributed by atoms with E-state index in [0.717, 1.165) is 11.8 Å². The molecule has 0 bridgehead atoms. The number of fused-ring (bicyclic) bond motifs is 2. The summed E-state index contributed by atoms with van der Waals surface area (Å²) in [5.74, 6) is -2.76. The van der Waals surface area contributed by atoms with E-state index in [4.69, 9.17) is 39.5 Å². The van der Waals surface area contributed by atoms with Crippen molar-refractivity contribution in [1.29, 1.82) is 0 Å². The van der Waals surface area contributed by atoms with Gasteiger partial charge in [-0.2, -0.15) is 0 Å². The van der Waals surface area contributed by atoms with Crippen LogP contribution < -0.4 is 20.1 Å². The van der Waals surface area contributed by atoms with Crippen molar-refractivity contribution in [2.24, 2.45) is 0 Å². The zero-order valence-electron chi connectivity index (χ0n) is 23.4. The van der Waals surface area contributed by atoms with E-state index in [1.54, 1.807) is 36.4 Å². The molecule has 2 aromatic carbocycles. The van der Waals surface area contributed by atoms with Gasteiger partial charge in [0.2, 0.25) is 27.7 Å². The van der Waals surface area contributed by atoms with Crippen LogP contribution in [-0.4, -0.2) is 43.0 Å². The number of carbonyl (C=O) groups excluding carboxylic acids is 3. The maximum atomic E-state index is 14.4. The number of hydrogen-bond donors (Lipinski definition) is 3. The summed E-state index contributed by atoms with van der Waals surface area (Å²) in [5, 5.41) is 6.97.